The highest BCUT2D eigenvalue weighted by molar-refractivity contribution is 7.19. The summed E-state index contributed by atoms with van der Waals surface area (Å²) in [5.41, 5.74) is 2.87. The van der Waals surface area contributed by atoms with Crippen molar-refractivity contribution in [2.45, 2.75) is 13.0 Å². The van der Waals surface area contributed by atoms with Gasteiger partial charge < -0.3 is 20.0 Å². The summed E-state index contributed by atoms with van der Waals surface area (Å²) in [4.78, 5) is 17.8. The lowest BCUT2D eigenvalue weighted by molar-refractivity contribution is 0.229. The molecule has 11 heteroatoms. The van der Waals surface area contributed by atoms with Gasteiger partial charge in [-0.05, 0) is 6.07 Å². The molecule has 3 N–H and O–H groups in total. The van der Waals surface area contributed by atoms with Gasteiger partial charge in [0.15, 0.2) is 5.65 Å². The molecular formula is C19H22N8O2S. The molecule has 0 aliphatic rings. The van der Waals surface area contributed by atoms with E-state index in [9.17, 15) is 4.79 Å². The van der Waals surface area contributed by atoms with E-state index in [0.29, 0.717) is 17.5 Å². The number of aryl methyl sites for hydroxylation is 1. The number of hydrogen-bond donors (Lipinski definition) is 3. The van der Waals surface area contributed by atoms with Crippen molar-refractivity contribution in [3.8, 4) is 0 Å². The summed E-state index contributed by atoms with van der Waals surface area (Å²) in [6, 6.07) is 1.92. The topological polar surface area (TPSA) is 126 Å². The Kier molecular flexibility index (Phi) is 5.46. The van der Waals surface area contributed by atoms with Gasteiger partial charge in [-0.15, -0.1) is 11.3 Å². The van der Waals surface area contributed by atoms with E-state index < -0.39 is 0 Å². The van der Waals surface area contributed by atoms with E-state index in [-0.39, 0.29) is 24.4 Å². The van der Waals surface area contributed by atoms with Crippen molar-refractivity contribution in [1.82, 2.24) is 34.8 Å². The van der Waals surface area contributed by atoms with Crippen LogP contribution >= 0.6 is 11.3 Å². The minimum absolute atomic E-state index is 0.0579. The average Bonchev–Trinajstić information content (AvgIpc) is 3.43. The van der Waals surface area contributed by atoms with Crippen molar-refractivity contribution in [3.05, 3.63) is 51.3 Å². The van der Waals surface area contributed by atoms with Crippen molar-refractivity contribution >= 4 is 38.3 Å². The number of methoxy groups -OCH3 is 1. The predicted molar refractivity (Wildman–Crippen MR) is 116 cm³/mol. The highest BCUT2D eigenvalue weighted by atomic mass is 32.1. The molecular weight excluding hydrogens is 404 g/mol. The maximum Gasteiger partial charge on any atom is 0.291 e. The first kappa shape index (κ1) is 20.0. The summed E-state index contributed by atoms with van der Waals surface area (Å²) in [5.74, 6) is 0. The summed E-state index contributed by atoms with van der Waals surface area (Å²) in [6.45, 7) is 0.335. The summed E-state index contributed by atoms with van der Waals surface area (Å²) >= 11 is 1.54. The van der Waals surface area contributed by atoms with Gasteiger partial charge in [-0.1, -0.05) is 0 Å². The van der Waals surface area contributed by atoms with Crippen LogP contribution in [0.5, 0.6) is 0 Å². The number of nitrogens with zero attached hydrogens (tertiary/aromatic N) is 5. The molecule has 0 saturated heterocycles. The van der Waals surface area contributed by atoms with E-state index >= 15 is 0 Å². The van der Waals surface area contributed by atoms with Crippen LogP contribution in [0.3, 0.4) is 0 Å². The maximum absolute atomic E-state index is 13.1. The van der Waals surface area contributed by atoms with Crippen LogP contribution < -0.4 is 10.9 Å². The Hall–Kier alpha value is -3.31. The zero-order valence-corrected chi connectivity index (χ0v) is 17.7. The molecule has 156 valence electrons. The van der Waals surface area contributed by atoms with Gasteiger partial charge >= 0.3 is 0 Å². The molecule has 0 unspecified atom stereocenters. The SMILES string of the molecule is CN/C=C(/COC)C(=N)Cn1ncc2c3sc(Cc4cc[nH]n4)nc3n(C)c2c1=O. The normalized spacial score (nSPS) is 12.2. The summed E-state index contributed by atoms with van der Waals surface area (Å²) in [7, 11) is 5.15. The number of nitrogens with one attached hydrogen (secondary N) is 3. The number of ether oxygens (including phenoxy) is 1. The molecule has 0 spiro atoms. The Morgan fingerprint density at radius 3 is 3.00 bits per heavy atom. The monoisotopic (exact) mass is 426 g/mol. The maximum atomic E-state index is 13.1. The number of rotatable bonds is 8. The lowest BCUT2D eigenvalue weighted by atomic mass is 10.2. The molecule has 4 aromatic rings. The Morgan fingerprint density at radius 2 is 2.30 bits per heavy atom. The average molecular weight is 427 g/mol. The first-order valence-corrected chi connectivity index (χ1v) is 10.1. The second kappa shape index (κ2) is 8.20. The van der Waals surface area contributed by atoms with Crippen molar-refractivity contribution in [1.29, 1.82) is 5.41 Å². The molecule has 4 heterocycles. The second-order valence-corrected chi connectivity index (χ2v) is 7.88. The Balaban J connectivity index is 1.70. The van der Waals surface area contributed by atoms with Crippen LogP contribution in [0.15, 0.2) is 35.0 Å². The van der Waals surface area contributed by atoms with E-state index in [1.807, 2.05) is 13.1 Å². The largest absolute Gasteiger partial charge is 0.394 e. The smallest absolute Gasteiger partial charge is 0.291 e. The molecule has 0 saturated carbocycles. The first-order chi connectivity index (χ1) is 14.5. The van der Waals surface area contributed by atoms with Gasteiger partial charge in [-0.2, -0.15) is 10.2 Å². The number of thiazole rings is 1. The van der Waals surface area contributed by atoms with E-state index in [1.165, 1.54) is 4.68 Å². The minimum Gasteiger partial charge on any atom is -0.394 e. The Morgan fingerprint density at radius 1 is 1.47 bits per heavy atom. The van der Waals surface area contributed by atoms with Crippen LogP contribution in [0.2, 0.25) is 0 Å². The van der Waals surface area contributed by atoms with Crippen molar-refractivity contribution in [2.24, 2.45) is 7.05 Å². The Bertz CT molecular complexity index is 1300. The Labute approximate surface area is 175 Å². The van der Waals surface area contributed by atoms with Crippen LogP contribution in [0.1, 0.15) is 10.7 Å². The van der Waals surface area contributed by atoms with Crippen LogP contribution in [-0.2, 0) is 24.8 Å². The van der Waals surface area contributed by atoms with Crippen LogP contribution in [0.4, 0.5) is 0 Å². The third kappa shape index (κ3) is 3.53. The van der Waals surface area contributed by atoms with Crippen molar-refractivity contribution in [2.75, 3.05) is 20.8 Å². The molecule has 0 bridgehead atoms. The molecule has 0 amide bonds. The fourth-order valence-electron chi connectivity index (χ4n) is 3.36. The van der Waals surface area contributed by atoms with Gasteiger partial charge in [0.2, 0.25) is 0 Å². The minimum atomic E-state index is -0.250. The van der Waals surface area contributed by atoms with Gasteiger partial charge in [-0.3, -0.25) is 9.89 Å². The lowest BCUT2D eigenvalue weighted by Crippen LogP contribution is -2.28. The molecule has 0 atom stereocenters. The quantitative estimate of drug-likeness (QED) is 0.366. The molecule has 10 nitrogen and oxygen atoms in total. The number of hydrogen-bond acceptors (Lipinski definition) is 8. The van der Waals surface area contributed by atoms with Crippen LogP contribution in [0, 0.1) is 5.41 Å². The van der Waals surface area contributed by atoms with Gasteiger partial charge in [0, 0.05) is 51.0 Å². The van der Waals surface area contributed by atoms with Crippen molar-refractivity contribution < 1.29 is 4.74 Å². The van der Waals surface area contributed by atoms with Gasteiger partial charge in [0.25, 0.3) is 5.56 Å². The number of H-pyrrole nitrogens is 1. The van der Waals surface area contributed by atoms with Gasteiger partial charge in [0.1, 0.15) is 10.5 Å². The molecule has 0 aliphatic heterocycles. The number of aromatic nitrogens is 6. The lowest BCUT2D eigenvalue weighted by Gasteiger charge is -2.10. The number of aromatic amines is 1. The molecule has 0 aromatic carbocycles. The van der Waals surface area contributed by atoms with Gasteiger partial charge in [-0.25, -0.2) is 9.67 Å². The highest BCUT2D eigenvalue weighted by Crippen LogP contribution is 2.31. The molecule has 30 heavy (non-hydrogen) atoms. The molecule has 0 radical (unpaired) electrons. The molecule has 0 aliphatic carbocycles. The van der Waals surface area contributed by atoms with Gasteiger partial charge in [0.05, 0.1) is 35.5 Å². The van der Waals surface area contributed by atoms with Crippen LogP contribution in [0.25, 0.3) is 21.3 Å². The van der Waals surface area contributed by atoms with E-state index in [2.05, 4.69) is 20.6 Å². The fraction of sp³-hybridized carbons (Fsp3) is 0.316. The van der Waals surface area contributed by atoms with E-state index in [4.69, 9.17) is 15.1 Å². The zero-order valence-electron chi connectivity index (χ0n) is 16.9. The molecule has 4 rings (SSSR count). The second-order valence-electron chi connectivity index (χ2n) is 6.80. The summed E-state index contributed by atoms with van der Waals surface area (Å²) in [5, 5.41) is 24.2. The fourth-order valence-corrected chi connectivity index (χ4v) is 4.48. The summed E-state index contributed by atoms with van der Waals surface area (Å²) in [6.07, 6.45) is 5.79. The highest BCUT2D eigenvalue weighted by Gasteiger charge is 2.19. The standard InChI is InChI=1S/C19H22N8O2S/c1-21-7-11(10-29-3)14(20)9-27-19(28)16-13(8-23-27)17-18(26(16)2)24-15(30-17)6-12-4-5-22-25-12/h4-5,7-8,20-21H,6,9-10H2,1-3H3,(H,22,25)/b11-7-,20-14?. The van der Waals surface area contributed by atoms with E-state index in [0.717, 1.165) is 26.4 Å². The molecule has 0 fully saturated rings. The predicted octanol–water partition coefficient (Wildman–Crippen LogP) is 1.43. The van der Waals surface area contributed by atoms with E-state index in [1.54, 1.807) is 48.7 Å². The third-order valence-electron chi connectivity index (χ3n) is 4.77. The number of fused-ring (bicyclic) bond motifs is 3. The summed E-state index contributed by atoms with van der Waals surface area (Å²) < 4.78 is 9.18. The van der Waals surface area contributed by atoms with Crippen LogP contribution in [-0.4, -0.2) is 56.0 Å². The zero-order chi connectivity index (χ0) is 21.3. The molecule has 4 aromatic heterocycles. The van der Waals surface area contributed by atoms with Crippen molar-refractivity contribution in [3.63, 3.8) is 0 Å². The first-order valence-electron chi connectivity index (χ1n) is 9.29. The third-order valence-corrected chi connectivity index (χ3v) is 5.85.